The number of rotatable bonds is 5. The lowest BCUT2D eigenvalue weighted by Gasteiger charge is -2.32. The maximum absolute atomic E-state index is 12.9. The summed E-state index contributed by atoms with van der Waals surface area (Å²) in [7, 11) is 0. The summed E-state index contributed by atoms with van der Waals surface area (Å²) in [5.41, 5.74) is 4.74. The summed E-state index contributed by atoms with van der Waals surface area (Å²) in [6, 6.07) is 9.12. The van der Waals surface area contributed by atoms with Crippen molar-refractivity contribution >= 4 is 5.91 Å². The van der Waals surface area contributed by atoms with E-state index in [1.54, 1.807) is 0 Å². The summed E-state index contributed by atoms with van der Waals surface area (Å²) in [5.74, 6) is 0.826. The van der Waals surface area contributed by atoms with Gasteiger partial charge in [-0.1, -0.05) is 12.1 Å². The highest BCUT2D eigenvalue weighted by Gasteiger charge is 2.34. The highest BCUT2D eigenvalue weighted by Crippen LogP contribution is 2.33. The quantitative estimate of drug-likeness (QED) is 0.828. The van der Waals surface area contributed by atoms with Gasteiger partial charge in [0.25, 0.3) is 5.91 Å². The molecule has 3 aliphatic rings. The number of hydrogen-bond donors (Lipinski definition) is 1. The molecule has 1 aromatic carbocycles. The van der Waals surface area contributed by atoms with Crippen molar-refractivity contribution in [2.24, 2.45) is 0 Å². The summed E-state index contributed by atoms with van der Waals surface area (Å²) in [6.07, 6.45) is 6.71. The van der Waals surface area contributed by atoms with Crippen molar-refractivity contribution in [1.29, 1.82) is 0 Å². The molecular formula is C24H33N5O. The van der Waals surface area contributed by atoms with Gasteiger partial charge in [-0.15, -0.1) is 0 Å². The number of aryl methyl sites for hydroxylation is 1. The zero-order valence-electron chi connectivity index (χ0n) is 18.0. The van der Waals surface area contributed by atoms with Gasteiger partial charge < -0.3 is 10.2 Å². The summed E-state index contributed by atoms with van der Waals surface area (Å²) >= 11 is 0. The molecular weight excluding hydrogens is 374 g/mol. The van der Waals surface area contributed by atoms with E-state index in [1.807, 2.05) is 4.68 Å². The number of aromatic nitrogens is 2. The SMILES string of the molecule is CCn1ccc(CN2CCC(c3ccc4c(c3)CN(C3CCCNC3)C4=O)CC2)n1. The van der Waals surface area contributed by atoms with Crippen LogP contribution in [-0.2, 0) is 19.6 Å². The molecule has 1 N–H and O–H groups in total. The molecule has 0 spiro atoms. The van der Waals surface area contributed by atoms with E-state index < -0.39 is 0 Å². The van der Waals surface area contributed by atoms with Crippen LogP contribution in [0.1, 0.15) is 65.7 Å². The van der Waals surface area contributed by atoms with Crippen LogP contribution in [0.15, 0.2) is 30.5 Å². The van der Waals surface area contributed by atoms with Crippen LogP contribution in [0.2, 0.25) is 0 Å². The van der Waals surface area contributed by atoms with E-state index in [0.29, 0.717) is 12.0 Å². The van der Waals surface area contributed by atoms with Crippen molar-refractivity contribution in [2.45, 2.75) is 64.2 Å². The standard InChI is InChI=1S/C24H33N5O/c1-2-28-13-9-21(26-28)17-27-11-7-18(8-12-27)19-5-6-23-20(14-19)16-29(24(23)30)22-4-3-10-25-15-22/h5-6,9,13-14,18,22,25H,2-4,7-8,10-12,15-17H2,1H3. The minimum absolute atomic E-state index is 0.228. The first-order valence-electron chi connectivity index (χ1n) is 11.6. The first-order chi connectivity index (χ1) is 14.7. The Morgan fingerprint density at radius 3 is 2.77 bits per heavy atom. The number of carbonyl (C=O) groups is 1. The Hall–Kier alpha value is -2.18. The van der Waals surface area contributed by atoms with Gasteiger partial charge in [0, 0.05) is 44.0 Å². The summed E-state index contributed by atoms with van der Waals surface area (Å²) in [4.78, 5) is 17.5. The molecule has 6 nitrogen and oxygen atoms in total. The van der Waals surface area contributed by atoms with Crippen molar-refractivity contribution in [3.63, 3.8) is 0 Å². The van der Waals surface area contributed by atoms with Crippen LogP contribution in [0, 0.1) is 0 Å². The maximum atomic E-state index is 12.9. The lowest BCUT2D eigenvalue weighted by atomic mass is 9.88. The molecule has 0 bridgehead atoms. The van der Waals surface area contributed by atoms with Gasteiger partial charge in [-0.3, -0.25) is 14.4 Å². The Balaban J connectivity index is 1.20. The molecule has 6 heteroatoms. The van der Waals surface area contributed by atoms with Crippen LogP contribution in [0.5, 0.6) is 0 Å². The smallest absolute Gasteiger partial charge is 0.254 e. The van der Waals surface area contributed by atoms with Gasteiger partial charge in [-0.25, -0.2) is 0 Å². The van der Waals surface area contributed by atoms with Gasteiger partial charge in [0.2, 0.25) is 0 Å². The van der Waals surface area contributed by atoms with E-state index >= 15 is 0 Å². The molecule has 160 valence electrons. The van der Waals surface area contributed by atoms with Crippen LogP contribution in [-0.4, -0.2) is 57.7 Å². The maximum Gasteiger partial charge on any atom is 0.254 e. The van der Waals surface area contributed by atoms with Crippen molar-refractivity contribution < 1.29 is 4.79 Å². The lowest BCUT2D eigenvalue weighted by Crippen LogP contribution is -2.46. The molecule has 30 heavy (non-hydrogen) atoms. The molecule has 0 saturated carbocycles. The number of nitrogens with zero attached hydrogens (tertiary/aromatic N) is 4. The first kappa shape index (κ1) is 19.8. The summed E-state index contributed by atoms with van der Waals surface area (Å²) in [5, 5.41) is 8.07. The predicted octanol–water partition coefficient (Wildman–Crippen LogP) is 2.99. The van der Waals surface area contributed by atoms with Gasteiger partial charge in [-0.05, 0) is 81.4 Å². The molecule has 1 unspecified atom stereocenters. The minimum Gasteiger partial charge on any atom is -0.330 e. The molecule has 1 aromatic heterocycles. The number of amides is 1. The zero-order valence-corrected chi connectivity index (χ0v) is 18.0. The fourth-order valence-corrected chi connectivity index (χ4v) is 5.33. The second-order valence-corrected chi connectivity index (χ2v) is 9.06. The topological polar surface area (TPSA) is 53.4 Å². The molecule has 2 saturated heterocycles. The molecule has 2 fully saturated rings. The Bertz CT molecular complexity index is 893. The van der Waals surface area contributed by atoms with Crippen LogP contribution < -0.4 is 5.32 Å². The van der Waals surface area contributed by atoms with Crippen LogP contribution in [0.25, 0.3) is 0 Å². The number of likely N-dealkylation sites (tertiary alicyclic amines) is 1. The largest absolute Gasteiger partial charge is 0.330 e. The average Bonchev–Trinajstić information content (AvgIpc) is 3.38. The molecule has 3 aliphatic heterocycles. The van der Waals surface area contributed by atoms with Crippen molar-refractivity contribution in [1.82, 2.24) is 24.9 Å². The number of fused-ring (bicyclic) bond motifs is 1. The normalized spacial score (nSPS) is 23.2. The summed E-state index contributed by atoms with van der Waals surface area (Å²) in [6.45, 7) is 9.01. The average molecular weight is 408 g/mol. The molecule has 1 amide bonds. The second-order valence-electron chi connectivity index (χ2n) is 9.06. The number of nitrogens with one attached hydrogen (secondary N) is 1. The number of carbonyl (C=O) groups excluding carboxylic acids is 1. The Labute approximate surface area is 179 Å². The lowest BCUT2D eigenvalue weighted by molar-refractivity contribution is 0.0674. The Morgan fingerprint density at radius 2 is 2.03 bits per heavy atom. The second kappa shape index (κ2) is 8.52. The van der Waals surface area contributed by atoms with E-state index in [2.05, 4.69) is 57.6 Å². The molecule has 1 atom stereocenters. The van der Waals surface area contributed by atoms with E-state index in [1.165, 1.54) is 29.7 Å². The molecule has 2 aromatic rings. The fourth-order valence-electron chi connectivity index (χ4n) is 5.33. The van der Waals surface area contributed by atoms with Crippen molar-refractivity contribution in [2.75, 3.05) is 26.2 Å². The van der Waals surface area contributed by atoms with Gasteiger partial charge in [-0.2, -0.15) is 5.10 Å². The number of piperidine rings is 2. The monoisotopic (exact) mass is 407 g/mol. The first-order valence-corrected chi connectivity index (χ1v) is 11.6. The molecule has 0 aliphatic carbocycles. The molecule has 4 heterocycles. The fraction of sp³-hybridized carbons (Fsp3) is 0.583. The van der Waals surface area contributed by atoms with E-state index in [4.69, 9.17) is 0 Å². The van der Waals surface area contributed by atoms with Crippen LogP contribution in [0.4, 0.5) is 0 Å². The molecule has 0 radical (unpaired) electrons. The Morgan fingerprint density at radius 1 is 1.17 bits per heavy atom. The number of hydrogen-bond acceptors (Lipinski definition) is 4. The number of benzene rings is 1. The highest BCUT2D eigenvalue weighted by atomic mass is 16.2. The molecule has 5 rings (SSSR count). The van der Waals surface area contributed by atoms with Gasteiger partial charge in [0.1, 0.15) is 0 Å². The summed E-state index contributed by atoms with van der Waals surface area (Å²) < 4.78 is 2.00. The third-order valence-electron chi connectivity index (χ3n) is 7.14. The van der Waals surface area contributed by atoms with Gasteiger partial charge in [0.05, 0.1) is 5.69 Å². The highest BCUT2D eigenvalue weighted by molar-refractivity contribution is 5.98. The van der Waals surface area contributed by atoms with Crippen LogP contribution >= 0.6 is 0 Å². The third-order valence-corrected chi connectivity index (χ3v) is 7.14. The van der Waals surface area contributed by atoms with Crippen LogP contribution in [0.3, 0.4) is 0 Å². The van der Waals surface area contributed by atoms with Gasteiger partial charge >= 0.3 is 0 Å². The zero-order chi connectivity index (χ0) is 20.5. The van der Waals surface area contributed by atoms with E-state index in [-0.39, 0.29) is 5.91 Å². The van der Waals surface area contributed by atoms with E-state index in [9.17, 15) is 4.79 Å². The van der Waals surface area contributed by atoms with E-state index in [0.717, 1.165) is 64.2 Å². The minimum atomic E-state index is 0.228. The predicted molar refractivity (Wildman–Crippen MR) is 117 cm³/mol. The van der Waals surface area contributed by atoms with Crippen molar-refractivity contribution in [3.05, 3.63) is 52.8 Å². The van der Waals surface area contributed by atoms with Crippen molar-refractivity contribution in [3.8, 4) is 0 Å². The Kier molecular flexibility index (Phi) is 5.61. The third kappa shape index (κ3) is 3.91. The van der Waals surface area contributed by atoms with Gasteiger partial charge in [0.15, 0.2) is 0 Å².